The molecular weight excluding hydrogens is 262 g/mol. The van der Waals surface area contributed by atoms with E-state index in [2.05, 4.69) is 0 Å². The van der Waals surface area contributed by atoms with Gasteiger partial charge < -0.3 is 10.0 Å². The van der Waals surface area contributed by atoms with Crippen molar-refractivity contribution >= 4 is 11.6 Å². The summed E-state index contributed by atoms with van der Waals surface area (Å²) in [5, 5.41) is 10.3. The highest BCUT2D eigenvalue weighted by atomic mass is 16.3. The summed E-state index contributed by atoms with van der Waals surface area (Å²) in [7, 11) is 0. The van der Waals surface area contributed by atoms with Gasteiger partial charge in [0.05, 0.1) is 11.8 Å². The van der Waals surface area contributed by atoms with Crippen molar-refractivity contribution in [2.75, 3.05) is 4.90 Å². The molecule has 108 valence electrons. The van der Waals surface area contributed by atoms with Crippen molar-refractivity contribution in [3.8, 4) is 0 Å². The van der Waals surface area contributed by atoms with Gasteiger partial charge in [-0.3, -0.25) is 4.79 Å². The Morgan fingerprint density at radius 3 is 2.62 bits per heavy atom. The molecule has 1 aliphatic heterocycles. The largest absolute Gasteiger partial charge is 0.388 e. The first-order valence-corrected chi connectivity index (χ1v) is 7.25. The normalized spacial score (nSPS) is 21.0. The van der Waals surface area contributed by atoms with Crippen LogP contribution in [0.4, 0.5) is 5.69 Å². The fraction of sp³-hybridized carbons (Fsp3) is 0.278. The van der Waals surface area contributed by atoms with Crippen molar-refractivity contribution in [3.63, 3.8) is 0 Å². The van der Waals surface area contributed by atoms with Crippen molar-refractivity contribution in [2.45, 2.75) is 32.4 Å². The van der Waals surface area contributed by atoms with Crippen molar-refractivity contribution in [2.24, 2.45) is 0 Å². The van der Waals surface area contributed by atoms with Crippen LogP contribution in [0.3, 0.4) is 0 Å². The lowest BCUT2D eigenvalue weighted by Crippen LogP contribution is -2.43. The topological polar surface area (TPSA) is 40.5 Å². The smallest absolute Gasteiger partial charge is 0.258 e. The molecule has 0 bridgehead atoms. The molecule has 1 heterocycles. The molecule has 3 rings (SSSR count). The van der Waals surface area contributed by atoms with E-state index in [4.69, 9.17) is 0 Å². The molecule has 1 amide bonds. The molecule has 2 aromatic carbocycles. The average Bonchev–Trinajstić information content (AvgIpc) is 2.48. The minimum atomic E-state index is -0.505. The third-order valence-electron chi connectivity index (χ3n) is 4.05. The number of amides is 1. The summed E-state index contributed by atoms with van der Waals surface area (Å²) in [6.07, 6.45) is 0.0596. The fourth-order valence-corrected chi connectivity index (χ4v) is 2.98. The van der Waals surface area contributed by atoms with E-state index >= 15 is 0 Å². The zero-order valence-corrected chi connectivity index (χ0v) is 12.3. The van der Waals surface area contributed by atoms with E-state index in [0.29, 0.717) is 12.0 Å². The Labute approximate surface area is 124 Å². The van der Waals surface area contributed by atoms with Gasteiger partial charge in [-0.1, -0.05) is 35.9 Å². The highest BCUT2D eigenvalue weighted by Gasteiger charge is 2.33. The first-order chi connectivity index (χ1) is 10.1. The van der Waals surface area contributed by atoms with E-state index in [1.165, 1.54) is 0 Å². The zero-order valence-electron chi connectivity index (χ0n) is 12.3. The summed E-state index contributed by atoms with van der Waals surface area (Å²) in [5.41, 5.74) is 3.43. The van der Waals surface area contributed by atoms with Gasteiger partial charge in [-0.2, -0.15) is 0 Å². The van der Waals surface area contributed by atoms with Crippen LogP contribution in [0.25, 0.3) is 0 Å². The number of aliphatic hydroxyl groups is 1. The number of nitrogens with zero attached hydrogens (tertiary/aromatic N) is 1. The molecule has 1 N–H and O–H groups in total. The Kier molecular flexibility index (Phi) is 3.52. The minimum Gasteiger partial charge on any atom is -0.388 e. The standard InChI is InChI=1S/C18H19NO2/c1-12-8-9-16-15(10-12)17(20)11-13(2)19(16)18(21)14-6-4-3-5-7-14/h3-10,13,17,20H,11H2,1-2H3/t13-,17-/m1/s1. The third-order valence-corrected chi connectivity index (χ3v) is 4.05. The highest BCUT2D eigenvalue weighted by Crippen LogP contribution is 2.38. The second-order valence-electron chi connectivity index (χ2n) is 5.70. The molecule has 2 atom stereocenters. The van der Waals surface area contributed by atoms with Crippen LogP contribution in [0, 0.1) is 6.92 Å². The lowest BCUT2D eigenvalue weighted by Gasteiger charge is -2.38. The van der Waals surface area contributed by atoms with Crippen LogP contribution in [-0.4, -0.2) is 17.1 Å². The van der Waals surface area contributed by atoms with Gasteiger partial charge in [0, 0.05) is 17.2 Å². The van der Waals surface area contributed by atoms with Gasteiger partial charge in [0.15, 0.2) is 0 Å². The second kappa shape index (κ2) is 5.34. The maximum Gasteiger partial charge on any atom is 0.258 e. The molecule has 0 radical (unpaired) electrons. The summed E-state index contributed by atoms with van der Waals surface area (Å²) in [5.74, 6) is -0.0138. The van der Waals surface area contributed by atoms with Gasteiger partial charge in [0.1, 0.15) is 0 Å². The Bertz CT molecular complexity index is 666. The number of fused-ring (bicyclic) bond motifs is 1. The van der Waals surface area contributed by atoms with Crippen molar-refractivity contribution in [1.82, 2.24) is 0 Å². The van der Waals surface area contributed by atoms with Crippen LogP contribution in [0.2, 0.25) is 0 Å². The number of hydrogen-bond acceptors (Lipinski definition) is 2. The molecule has 21 heavy (non-hydrogen) atoms. The molecule has 0 spiro atoms. The maximum absolute atomic E-state index is 12.8. The Hall–Kier alpha value is -2.13. The number of anilines is 1. The molecule has 0 aliphatic carbocycles. The van der Waals surface area contributed by atoms with Crippen molar-refractivity contribution < 1.29 is 9.90 Å². The molecule has 0 saturated heterocycles. The first-order valence-electron chi connectivity index (χ1n) is 7.25. The van der Waals surface area contributed by atoms with Crippen LogP contribution in [0.15, 0.2) is 48.5 Å². The Morgan fingerprint density at radius 2 is 1.90 bits per heavy atom. The van der Waals surface area contributed by atoms with Gasteiger partial charge in [-0.25, -0.2) is 0 Å². The summed E-state index contributed by atoms with van der Waals surface area (Å²) < 4.78 is 0. The molecule has 3 nitrogen and oxygen atoms in total. The molecule has 2 aromatic rings. The van der Waals surface area contributed by atoms with E-state index in [1.807, 2.05) is 62.4 Å². The minimum absolute atomic E-state index is 0.0138. The van der Waals surface area contributed by atoms with Crippen LogP contribution in [-0.2, 0) is 0 Å². The number of carbonyl (C=O) groups excluding carboxylic acids is 1. The quantitative estimate of drug-likeness (QED) is 0.869. The molecule has 0 fully saturated rings. The number of benzene rings is 2. The first kappa shape index (κ1) is 13.8. The molecule has 3 heteroatoms. The highest BCUT2D eigenvalue weighted by molar-refractivity contribution is 6.07. The predicted molar refractivity (Wildman–Crippen MR) is 83.5 cm³/mol. The van der Waals surface area contributed by atoms with Crippen molar-refractivity contribution in [3.05, 3.63) is 65.2 Å². The third kappa shape index (κ3) is 2.45. The van der Waals surface area contributed by atoms with Gasteiger partial charge in [-0.15, -0.1) is 0 Å². The van der Waals surface area contributed by atoms with Crippen LogP contribution in [0.1, 0.15) is 40.9 Å². The van der Waals surface area contributed by atoms with Crippen LogP contribution in [0.5, 0.6) is 0 Å². The Morgan fingerprint density at radius 1 is 1.19 bits per heavy atom. The summed E-state index contributed by atoms with van der Waals surface area (Å²) in [6.45, 7) is 3.97. The molecule has 1 aliphatic rings. The number of aliphatic hydroxyl groups excluding tert-OH is 1. The Balaban J connectivity index is 2.07. The zero-order chi connectivity index (χ0) is 15.0. The van der Waals surface area contributed by atoms with Crippen molar-refractivity contribution in [1.29, 1.82) is 0 Å². The molecule has 0 aromatic heterocycles. The van der Waals surface area contributed by atoms with E-state index in [9.17, 15) is 9.90 Å². The van der Waals surface area contributed by atoms with Crippen LogP contribution >= 0.6 is 0 Å². The fourth-order valence-electron chi connectivity index (χ4n) is 2.98. The van der Waals surface area contributed by atoms with E-state index in [1.54, 1.807) is 4.90 Å². The van der Waals surface area contributed by atoms with E-state index in [-0.39, 0.29) is 11.9 Å². The predicted octanol–water partition coefficient (Wildman–Crippen LogP) is 3.47. The molecular formula is C18H19NO2. The maximum atomic E-state index is 12.8. The monoisotopic (exact) mass is 281 g/mol. The van der Waals surface area contributed by atoms with Gasteiger partial charge in [0.25, 0.3) is 5.91 Å². The van der Waals surface area contributed by atoms with E-state index in [0.717, 1.165) is 16.8 Å². The van der Waals surface area contributed by atoms with Gasteiger partial charge in [0.2, 0.25) is 0 Å². The number of carbonyl (C=O) groups is 1. The lowest BCUT2D eigenvalue weighted by atomic mass is 9.92. The van der Waals surface area contributed by atoms with Crippen LogP contribution < -0.4 is 4.90 Å². The number of rotatable bonds is 1. The van der Waals surface area contributed by atoms with E-state index < -0.39 is 6.10 Å². The molecule has 0 saturated carbocycles. The SMILES string of the molecule is Cc1ccc2c(c1)[C@H](O)C[C@@H](C)N2C(=O)c1ccccc1. The summed E-state index contributed by atoms with van der Waals surface area (Å²) in [6, 6.07) is 15.2. The summed E-state index contributed by atoms with van der Waals surface area (Å²) in [4.78, 5) is 14.6. The average molecular weight is 281 g/mol. The number of hydrogen-bond donors (Lipinski definition) is 1. The second-order valence-corrected chi connectivity index (χ2v) is 5.70. The molecule has 0 unspecified atom stereocenters. The van der Waals surface area contributed by atoms with Gasteiger partial charge >= 0.3 is 0 Å². The van der Waals surface area contributed by atoms with Gasteiger partial charge in [-0.05, 0) is 38.5 Å². The lowest BCUT2D eigenvalue weighted by molar-refractivity contribution is 0.0949. The number of aryl methyl sites for hydroxylation is 1. The summed E-state index contributed by atoms with van der Waals surface area (Å²) >= 11 is 0.